The maximum atomic E-state index is 15.7. The van der Waals surface area contributed by atoms with Crippen LogP contribution in [0.1, 0.15) is 205 Å². The summed E-state index contributed by atoms with van der Waals surface area (Å²) in [6, 6.07) is -13.0. The molecule has 0 radical (unpaired) electrons. The van der Waals surface area contributed by atoms with Crippen LogP contribution in [0.2, 0.25) is 0 Å². The van der Waals surface area contributed by atoms with Gasteiger partial charge in [-0.15, -0.1) is 0 Å². The summed E-state index contributed by atoms with van der Waals surface area (Å²) in [6.45, 7) is 19.7. The van der Waals surface area contributed by atoms with Crippen molar-refractivity contribution < 1.29 is 67.4 Å². The van der Waals surface area contributed by atoms with Crippen molar-refractivity contribution in [1.82, 2.24) is 65.4 Å². The zero-order valence-electron chi connectivity index (χ0n) is 65.7. The molecular weight excluding hydrogens is 1310 g/mol. The van der Waals surface area contributed by atoms with Crippen molar-refractivity contribution >= 4 is 70.9 Å². The largest absolute Gasteiger partial charge is 0.391 e. The van der Waals surface area contributed by atoms with E-state index in [4.69, 9.17) is 4.74 Å². The van der Waals surface area contributed by atoms with Crippen molar-refractivity contribution in [2.45, 2.75) is 271 Å². The van der Waals surface area contributed by atoms with Gasteiger partial charge in [-0.25, -0.2) is 0 Å². The van der Waals surface area contributed by atoms with Crippen LogP contribution >= 0.6 is 0 Å². The highest BCUT2D eigenvalue weighted by atomic mass is 16.5. The average Bonchev–Trinajstić information content (AvgIpc) is 0.817. The minimum absolute atomic E-state index is 0.000523. The SMILES string of the molecule is CCCN1CC(=O)N(C)[C@@H](C(C)C)C(=O)N[C@H](C(=O)N2CCCCC2)CC(=O)N(C)[C@@H](C)C(=O)N[C@@H](CC(C)C)C(=O)N(C)[C@@H](CC(C)C)C(=O)N(C)[C@@H](CC2CCCCC2)C(=O)NC(COCCN(C)C)C(=O)N(C)[C@@H](CC2CCCCC2)C(=O)N(C)[C@@H](CC(C)C)C(=O)N[C@@H]([C@@H](C)O)C1=O. The van der Waals surface area contributed by atoms with Crippen LogP contribution in [0.3, 0.4) is 0 Å². The molecule has 2 heterocycles. The number of carbonyl (C=O) groups excluding carboxylic acids is 12. The van der Waals surface area contributed by atoms with Crippen LogP contribution in [0.15, 0.2) is 0 Å². The smallest absolute Gasteiger partial charge is 0.248 e. The van der Waals surface area contributed by atoms with Gasteiger partial charge in [0, 0.05) is 68.5 Å². The summed E-state index contributed by atoms with van der Waals surface area (Å²) in [6.07, 6.45) is 10.1. The van der Waals surface area contributed by atoms with E-state index in [1.165, 1.54) is 85.5 Å². The average molecular weight is 1440 g/mol. The highest BCUT2D eigenvalue weighted by Crippen LogP contribution is 2.32. The third-order valence-electron chi connectivity index (χ3n) is 21.2. The van der Waals surface area contributed by atoms with Gasteiger partial charge in [0.05, 0.1) is 32.3 Å². The monoisotopic (exact) mass is 1440 g/mol. The van der Waals surface area contributed by atoms with E-state index in [0.29, 0.717) is 38.9 Å². The second-order valence-electron chi connectivity index (χ2n) is 31.7. The topological polar surface area (TPSA) is 312 Å². The standard InChI is InChI=1S/C75H133N13O14/c1-20-34-88-45-63(91)86(19)65(50(8)9)69(95)77-56(72(98)87-35-28-23-29-36-87)44-62(90)81(14)51(10)66(92)76-55(39-47(2)3)70(96)84(17)60(41-49(6)7)73(99)83(16)59(42-53-30-24-21-25-31-53)67(93)78-57(46-102-38-37-80(12)13)71(97)85(18)61(43-54-32-26-22-27-33-54)74(100)82(15)58(40-48(4)5)68(94)79-64(52(11)89)75(88)101/h47-61,64-65,89H,20-46H2,1-19H3,(H,76,92)(H,77,95)(H,78,93)(H,79,94)/t51-,52+,55-,56-,57?,58-,59-,60-,61-,64-,65-/m0/s1. The van der Waals surface area contributed by atoms with E-state index in [2.05, 4.69) is 21.3 Å². The number of nitrogens with one attached hydrogen (secondary N) is 4. The molecule has 102 heavy (non-hydrogen) atoms. The number of piperidine rings is 1. The highest BCUT2D eigenvalue weighted by molar-refractivity contribution is 6.00. The number of ether oxygens (including phenoxy) is 1. The Labute approximate surface area is 610 Å². The fraction of sp³-hybridized carbons (Fsp3) is 0.840. The Morgan fingerprint density at radius 2 is 0.990 bits per heavy atom. The summed E-state index contributed by atoms with van der Waals surface area (Å²) in [5, 5.41) is 22.9. The molecule has 27 heteroatoms. The zero-order valence-corrected chi connectivity index (χ0v) is 65.7. The molecule has 27 nitrogen and oxygen atoms in total. The minimum atomic E-state index is -1.64. The Morgan fingerprint density at radius 1 is 0.520 bits per heavy atom. The summed E-state index contributed by atoms with van der Waals surface area (Å²) >= 11 is 0. The van der Waals surface area contributed by atoms with Gasteiger partial charge in [0.15, 0.2) is 0 Å². The fourth-order valence-electron chi connectivity index (χ4n) is 14.8. The summed E-state index contributed by atoms with van der Waals surface area (Å²) in [5.74, 6) is -9.16. The lowest BCUT2D eigenvalue weighted by atomic mass is 9.84. The molecule has 582 valence electrons. The number of amides is 12. The molecule has 2 aliphatic carbocycles. The van der Waals surface area contributed by atoms with Crippen molar-refractivity contribution in [2.24, 2.45) is 35.5 Å². The number of nitrogens with zero attached hydrogens (tertiary/aromatic N) is 9. The van der Waals surface area contributed by atoms with Crippen LogP contribution < -0.4 is 21.3 Å². The van der Waals surface area contributed by atoms with Gasteiger partial charge in [-0.2, -0.15) is 0 Å². The number of hydrogen-bond acceptors (Lipinski definition) is 15. The normalized spacial score (nSPS) is 27.1. The van der Waals surface area contributed by atoms with Crippen molar-refractivity contribution in [3.05, 3.63) is 0 Å². The second-order valence-corrected chi connectivity index (χ2v) is 31.7. The number of carbonyl (C=O) groups is 12. The molecule has 5 N–H and O–H groups in total. The van der Waals surface area contributed by atoms with E-state index in [0.717, 1.165) is 75.5 Å². The van der Waals surface area contributed by atoms with Crippen LogP contribution in [0.5, 0.6) is 0 Å². The molecule has 2 saturated heterocycles. The van der Waals surface area contributed by atoms with Crippen molar-refractivity contribution in [2.75, 3.05) is 102 Å². The molecule has 0 aromatic rings. The molecule has 2 aliphatic heterocycles. The summed E-state index contributed by atoms with van der Waals surface area (Å²) in [4.78, 5) is 193. The molecule has 11 atom stereocenters. The van der Waals surface area contributed by atoms with Gasteiger partial charge in [-0.3, -0.25) is 57.5 Å². The third-order valence-corrected chi connectivity index (χ3v) is 21.2. The van der Waals surface area contributed by atoms with Crippen LogP contribution in [-0.2, 0) is 62.3 Å². The molecule has 12 amide bonds. The first-order chi connectivity index (χ1) is 47.9. The molecule has 0 aromatic heterocycles. The van der Waals surface area contributed by atoms with E-state index in [9.17, 15) is 33.9 Å². The third kappa shape index (κ3) is 26.0. The highest BCUT2D eigenvalue weighted by Gasteiger charge is 2.45. The number of likely N-dealkylation sites (tertiary alicyclic amines) is 1. The molecule has 0 bridgehead atoms. The van der Waals surface area contributed by atoms with E-state index < -0.39 is 156 Å². The molecular formula is C75H133N13O14. The zero-order chi connectivity index (χ0) is 76.6. The van der Waals surface area contributed by atoms with Crippen LogP contribution in [0, 0.1) is 35.5 Å². The van der Waals surface area contributed by atoms with Gasteiger partial charge in [-0.1, -0.05) is 127 Å². The number of aliphatic hydroxyl groups excluding tert-OH is 1. The quantitative estimate of drug-likeness (QED) is 0.106. The number of hydrogen-bond donors (Lipinski definition) is 5. The molecule has 4 fully saturated rings. The first-order valence-electron chi connectivity index (χ1n) is 38.2. The van der Waals surface area contributed by atoms with E-state index >= 15 is 28.8 Å². The number of rotatable bonds is 20. The molecule has 0 spiro atoms. The number of likely N-dealkylation sites (N-methyl/N-ethyl adjacent to an activating group) is 7. The number of aliphatic hydroxyl groups is 1. The predicted molar refractivity (Wildman–Crippen MR) is 391 cm³/mol. The van der Waals surface area contributed by atoms with Gasteiger partial charge < -0.3 is 75.2 Å². The van der Waals surface area contributed by atoms with Crippen LogP contribution in [0.25, 0.3) is 0 Å². The Bertz CT molecular complexity index is 2770. The first kappa shape index (κ1) is 87.9. The van der Waals surface area contributed by atoms with Gasteiger partial charge in [0.25, 0.3) is 0 Å². The Morgan fingerprint density at radius 3 is 1.51 bits per heavy atom. The maximum absolute atomic E-state index is 15.7. The molecule has 0 aromatic carbocycles. The minimum Gasteiger partial charge on any atom is -0.391 e. The lowest BCUT2D eigenvalue weighted by molar-refractivity contribution is -0.152. The molecule has 2 saturated carbocycles. The van der Waals surface area contributed by atoms with E-state index in [1.54, 1.807) is 25.7 Å². The summed E-state index contributed by atoms with van der Waals surface area (Å²) in [5.41, 5.74) is 0. The summed E-state index contributed by atoms with van der Waals surface area (Å²) in [7, 11) is 12.5. The molecule has 1 unspecified atom stereocenters. The summed E-state index contributed by atoms with van der Waals surface area (Å²) < 4.78 is 6.21. The van der Waals surface area contributed by atoms with Gasteiger partial charge in [-0.05, 0) is 121 Å². The van der Waals surface area contributed by atoms with Gasteiger partial charge in [0.1, 0.15) is 60.4 Å². The maximum Gasteiger partial charge on any atom is 0.248 e. The Balaban J connectivity index is 1.99. The Hall–Kier alpha value is -6.48. The molecule has 4 aliphatic rings. The lowest BCUT2D eigenvalue weighted by Crippen LogP contribution is -2.62. The van der Waals surface area contributed by atoms with E-state index in [1.807, 2.05) is 60.5 Å². The second kappa shape index (κ2) is 42.5. The van der Waals surface area contributed by atoms with Gasteiger partial charge >= 0.3 is 0 Å². The molecule has 4 rings (SSSR count). The van der Waals surface area contributed by atoms with Gasteiger partial charge in [0.2, 0.25) is 70.9 Å². The van der Waals surface area contributed by atoms with Crippen molar-refractivity contribution in [3.63, 3.8) is 0 Å². The Kier molecular flexibility index (Phi) is 36.6. The van der Waals surface area contributed by atoms with Crippen molar-refractivity contribution in [3.8, 4) is 0 Å². The predicted octanol–water partition coefficient (Wildman–Crippen LogP) is 4.26. The van der Waals surface area contributed by atoms with E-state index in [-0.39, 0.29) is 81.5 Å². The van der Waals surface area contributed by atoms with Crippen LogP contribution in [-0.4, -0.2) is 289 Å². The van der Waals surface area contributed by atoms with Crippen LogP contribution in [0.4, 0.5) is 0 Å². The lowest BCUT2D eigenvalue weighted by Gasteiger charge is -2.39. The first-order valence-corrected chi connectivity index (χ1v) is 38.2. The fourth-order valence-corrected chi connectivity index (χ4v) is 14.8. The van der Waals surface area contributed by atoms with Crippen molar-refractivity contribution in [1.29, 1.82) is 0 Å².